The highest BCUT2D eigenvalue weighted by Gasteiger charge is 2.13. The maximum atomic E-state index is 9.12. The molecule has 96 valence electrons. The van der Waals surface area contributed by atoms with Crippen molar-refractivity contribution in [2.75, 3.05) is 12.4 Å². The third-order valence-electron chi connectivity index (χ3n) is 2.36. The van der Waals surface area contributed by atoms with E-state index in [0.717, 1.165) is 0 Å². The molecule has 19 heavy (non-hydrogen) atoms. The van der Waals surface area contributed by atoms with Crippen LogP contribution in [0.15, 0.2) is 29.0 Å². The van der Waals surface area contributed by atoms with Gasteiger partial charge in [-0.1, -0.05) is 17.7 Å². The molecule has 0 saturated carbocycles. The summed E-state index contributed by atoms with van der Waals surface area (Å²) in [7, 11) is 1.53. The van der Waals surface area contributed by atoms with E-state index in [0.29, 0.717) is 27.3 Å². The second-order valence-electron chi connectivity index (χ2n) is 3.45. The largest absolute Gasteiger partial charge is 0.495 e. The van der Waals surface area contributed by atoms with E-state index in [1.165, 1.54) is 13.4 Å². The summed E-state index contributed by atoms with van der Waals surface area (Å²) in [6.45, 7) is 0. The fourth-order valence-corrected chi connectivity index (χ4v) is 1.91. The SMILES string of the molecule is COc1cccc(C#N)c1Nc1ncnc(Cl)c1Br. The lowest BCUT2D eigenvalue weighted by atomic mass is 10.2. The van der Waals surface area contributed by atoms with Crippen LogP contribution in [0.5, 0.6) is 5.75 Å². The lowest BCUT2D eigenvalue weighted by Gasteiger charge is -2.13. The number of nitriles is 1. The minimum atomic E-state index is 0.283. The summed E-state index contributed by atoms with van der Waals surface area (Å²) >= 11 is 9.18. The van der Waals surface area contributed by atoms with Crippen molar-refractivity contribution in [1.29, 1.82) is 5.26 Å². The average Bonchev–Trinajstić information content (AvgIpc) is 2.44. The summed E-state index contributed by atoms with van der Waals surface area (Å²) in [6, 6.07) is 7.26. The van der Waals surface area contributed by atoms with E-state index in [2.05, 4.69) is 37.3 Å². The molecule has 1 aromatic carbocycles. The molecule has 1 N–H and O–H groups in total. The predicted molar refractivity (Wildman–Crippen MR) is 75.7 cm³/mol. The van der Waals surface area contributed by atoms with E-state index < -0.39 is 0 Å². The van der Waals surface area contributed by atoms with Crippen molar-refractivity contribution in [2.24, 2.45) is 0 Å². The molecule has 2 rings (SSSR count). The summed E-state index contributed by atoms with van der Waals surface area (Å²) in [5.74, 6) is 1.00. The quantitative estimate of drug-likeness (QED) is 0.866. The van der Waals surface area contributed by atoms with Crippen LogP contribution in [0.1, 0.15) is 5.56 Å². The number of anilines is 2. The van der Waals surface area contributed by atoms with Crippen LogP contribution >= 0.6 is 27.5 Å². The number of methoxy groups -OCH3 is 1. The number of aromatic nitrogens is 2. The molecular weight excluding hydrogens is 332 g/mol. The number of benzene rings is 1. The molecule has 0 amide bonds. The Morgan fingerprint density at radius 1 is 1.42 bits per heavy atom. The number of nitrogens with zero attached hydrogens (tertiary/aromatic N) is 3. The van der Waals surface area contributed by atoms with Crippen molar-refractivity contribution in [1.82, 2.24) is 9.97 Å². The van der Waals surface area contributed by atoms with Gasteiger partial charge in [0, 0.05) is 0 Å². The second kappa shape index (κ2) is 5.87. The molecule has 5 nitrogen and oxygen atoms in total. The predicted octanol–water partition coefficient (Wildman–Crippen LogP) is 3.52. The number of para-hydroxylation sites is 1. The van der Waals surface area contributed by atoms with E-state index in [9.17, 15) is 0 Å². The van der Waals surface area contributed by atoms with Gasteiger partial charge in [0.05, 0.1) is 17.1 Å². The molecule has 0 bridgehead atoms. The molecule has 0 saturated heterocycles. The van der Waals surface area contributed by atoms with E-state index in [1.807, 2.05) is 0 Å². The van der Waals surface area contributed by atoms with Crippen molar-refractivity contribution in [2.45, 2.75) is 0 Å². The zero-order chi connectivity index (χ0) is 13.8. The highest BCUT2D eigenvalue weighted by molar-refractivity contribution is 9.10. The molecule has 0 aliphatic rings. The zero-order valence-electron chi connectivity index (χ0n) is 9.82. The summed E-state index contributed by atoms with van der Waals surface area (Å²) in [6.07, 6.45) is 1.33. The summed E-state index contributed by atoms with van der Waals surface area (Å²) < 4.78 is 5.74. The maximum absolute atomic E-state index is 9.12. The Balaban J connectivity index is 2.49. The molecule has 7 heteroatoms. The second-order valence-corrected chi connectivity index (χ2v) is 4.60. The fraction of sp³-hybridized carbons (Fsp3) is 0.0833. The molecule has 0 spiro atoms. The van der Waals surface area contributed by atoms with Crippen LogP contribution in [-0.4, -0.2) is 17.1 Å². The number of hydrogen-bond acceptors (Lipinski definition) is 5. The standard InChI is InChI=1S/C12H8BrClN4O/c1-19-8-4-2-3-7(5-15)10(8)18-12-9(13)11(14)16-6-17-12/h2-4,6H,1H3,(H,16,17,18). The average molecular weight is 340 g/mol. The third-order valence-corrected chi connectivity index (χ3v) is 3.62. The summed E-state index contributed by atoms with van der Waals surface area (Å²) in [5.41, 5.74) is 0.976. The van der Waals surface area contributed by atoms with E-state index in [-0.39, 0.29) is 5.15 Å². The highest BCUT2D eigenvalue weighted by Crippen LogP contribution is 2.34. The molecule has 1 heterocycles. The molecule has 0 atom stereocenters. The Labute approximate surface area is 123 Å². The first-order valence-corrected chi connectivity index (χ1v) is 6.34. The summed E-state index contributed by atoms with van der Waals surface area (Å²) in [4.78, 5) is 7.90. The zero-order valence-corrected chi connectivity index (χ0v) is 12.2. The van der Waals surface area contributed by atoms with Crippen molar-refractivity contribution in [3.8, 4) is 11.8 Å². The van der Waals surface area contributed by atoms with E-state index >= 15 is 0 Å². The van der Waals surface area contributed by atoms with Gasteiger partial charge in [-0.3, -0.25) is 0 Å². The molecule has 0 fully saturated rings. The van der Waals surface area contributed by atoms with Gasteiger partial charge in [-0.15, -0.1) is 0 Å². The van der Waals surface area contributed by atoms with Gasteiger partial charge >= 0.3 is 0 Å². The van der Waals surface area contributed by atoms with Gasteiger partial charge in [0.2, 0.25) is 0 Å². The number of nitrogens with one attached hydrogen (secondary N) is 1. The van der Waals surface area contributed by atoms with Gasteiger partial charge in [-0.2, -0.15) is 5.26 Å². The fourth-order valence-electron chi connectivity index (χ4n) is 1.48. The van der Waals surface area contributed by atoms with Crippen molar-refractivity contribution in [3.63, 3.8) is 0 Å². The Bertz CT molecular complexity index is 657. The van der Waals surface area contributed by atoms with E-state index in [4.69, 9.17) is 21.6 Å². The van der Waals surface area contributed by atoms with Crippen LogP contribution in [0.25, 0.3) is 0 Å². The van der Waals surface area contributed by atoms with Crippen LogP contribution in [0.3, 0.4) is 0 Å². The van der Waals surface area contributed by atoms with Gasteiger partial charge in [-0.05, 0) is 28.1 Å². The third kappa shape index (κ3) is 2.78. The molecule has 0 radical (unpaired) electrons. The number of rotatable bonds is 3. The minimum absolute atomic E-state index is 0.283. The summed E-state index contributed by atoms with van der Waals surface area (Å²) in [5, 5.41) is 12.4. The van der Waals surface area contributed by atoms with Crippen molar-refractivity contribution >= 4 is 39.0 Å². The Morgan fingerprint density at radius 2 is 2.21 bits per heavy atom. The van der Waals surface area contributed by atoms with Crippen molar-refractivity contribution < 1.29 is 4.74 Å². The first-order valence-electron chi connectivity index (χ1n) is 5.17. The topological polar surface area (TPSA) is 70.8 Å². The van der Waals surface area contributed by atoms with Crippen LogP contribution < -0.4 is 10.1 Å². The van der Waals surface area contributed by atoms with Gasteiger partial charge in [0.1, 0.15) is 34.8 Å². The molecule has 0 unspecified atom stereocenters. The van der Waals surface area contributed by atoms with Gasteiger partial charge < -0.3 is 10.1 Å². The highest BCUT2D eigenvalue weighted by atomic mass is 79.9. The Kier molecular flexibility index (Phi) is 4.20. The smallest absolute Gasteiger partial charge is 0.149 e. The van der Waals surface area contributed by atoms with Gasteiger partial charge in [0.15, 0.2) is 0 Å². The lowest BCUT2D eigenvalue weighted by Crippen LogP contribution is -2.00. The number of hydrogen-bond donors (Lipinski definition) is 1. The Hall–Kier alpha value is -1.84. The normalized spacial score (nSPS) is 9.79. The molecule has 0 aliphatic heterocycles. The van der Waals surface area contributed by atoms with Crippen LogP contribution in [-0.2, 0) is 0 Å². The van der Waals surface area contributed by atoms with E-state index in [1.54, 1.807) is 18.2 Å². The van der Waals surface area contributed by atoms with Crippen LogP contribution in [0.2, 0.25) is 5.15 Å². The molecule has 1 aromatic heterocycles. The lowest BCUT2D eigenvalue weighted by molar-refractivity contribution is 0.416. The van der Waals surface area contributed by atoms with Crippen LogP contribution in [0.4, 0.5) is 11.5 Å². The minimum Gasteiger partial charge on any atom is -0.495 e. The monoisotopic (exact) mass is 338 g/mol. The maximum Gasteiger partial charge on any atom is 0.149 e. The molecule has 0 aliphatic carbocycles. The number of halogens is 2. The molecule has 2 aromatic rings. The first kappa shape index (κ1) is 13.6. The van der Waals surface area contributed by atoms with Gasteiger partial charge in [0.25, 0.3) is 0 Å². The van der Waals surface area contributed by atoms with Crippen molar-refractivity contribution in [3.05, 3.63) is 39.7 Å². The van der Waals surface area contributed by atoms with Crippen LogP contribution in [0, 0.1) is 11.3 Å². The molecular formula is C12H8BrClN4O. The first-order chi connectivity index (χ1) is 9.17. The number of ether oxygens (including phenoxy) is 1. The van der Waals surface area contributed by atoms with Gasteiger partial charge in [-0.25, -0.2) is 9.97 Å². The Morgan fingerprint density at radius 3 is 2.89 bits per heavy atom.